The van der Waals surface area contributed by atoms with E-state index >= 15 is 0 Å². The Balaban J connectivity index is 1.36. The van der Waals surface area contributed by atoms with Gasteiger partial charge in [0.05, 0.1) is 31.6 Å². The maximum absolute atomic E-state index is 13.8. The van der Waals surface area contributed by atoms with E-state index in [1.165, 1.54) is 46.2 Å². The molecule has 0 radical (unpaired) electrons. The molecule has 2 aromatic heterocycles. The molecule has 0 spiro atoms. The van der Waals surface area contributed by atoms with Gasteiger partial charge in [-0.2, -0.15) is 0 Å². The van der Waals surface area contributed by atoms with Crippen LogP contribution in [0.1, 0.15) is 15.7 Å². The number of thioether (sulfide) groups is 1. The second-order valence-corrected chi connectivity index (χ2v) is 13.1. The van der Waals surface area contributed by atoms with Crippen molar-refractivity contribution in [3.63, 3.8) is 0 Å². The largest absolute Gasteiger partial charge is 0.324 e. The van der Waals surface area contributed by atoms with E-state index in [1.54, 1.807) is 12.1 Å². The summed E-state index contributed by atoms with van der Waals surface area (Å²) >= 11 is 15.4. The van der Waals surface area contributed by atoms with E-state index in [1.807, 2.05) is 17.5 Å². The van der Waals surface area contributed by atoms with Crippen LogP contribution in [0.4, 0.5) is 17.1 Å². The first-order valence-corrected chi connectivity index (χ1v) is 15.3. The van der Waals surface area contributed by atoms with Gasteiger partial charge < -0.3 is 5.32 Å². The van der Waals surface area contributed by atoms with Gasteiger partial charge in [-0.25, -0.2) is 4.90 Å². The van der Waals surface area contributed by atoms with Crippen LogP contribution in [-0.4, -0.2) is 32.5 Å². The number of aromatic nitrogens is 1. The maximum Gasteiger partial charge on any atom is 0.308 e. The first-order valence-electron chi connectivity index (χ1n) is 11.9. The number of fused-ring (bicyclic) bond motifs is 2. The van der Waals surface area contributed by atoms with Crippen molar-refractivity contribution < 1.29 is 19.3 Å². The Morgan fingerprint density at radius 3 is 2.44 bits per heavy atom. The molecule has 0 bridgehead atoms. The van der Waals surface area contributed by atoms with Gasteiger partial charge in [-0.1, -0.05) is 52.4 Å². The van der Waals surface area contributed by atoms with Crippen molar-refractivity contribution in [2.24, 2.45) is 5.92 Å². The zero-order chi connectivity index (χ0) is 29.0. The van der Waals surface area contributed by atoms with E-state index in [4.69, 9.17) is 23.2 Å². The second kappa shape index (κ2) is 10.7. The van der Waals surface area contributed by atoms with Crippen molar-refractivity contribution in [3.05, 3.63) is 99.6 Å². The summed E-state index contributed by atoms with van der Waals surface area (Å²) in [7, 11) is 0. The molecule has 10 nitrogen and oxygen atoms in total. The minimum absolute atomic E-state index is 0.165. The molecular weight excluding hydrogens is 631 g/mol. The Kier molecular flexibility index (Phi) is 7.24. The van der Waals surface area contributed by atoms with Crippen LogP contribution in [-0.2, 0) is 20.9 Å². The summed E-state index contributed by atoms with van der Waals surface area (Å²) in [6, 6.07) is 13.5. The number of rotatable bonds is 6. The van der Waals surface area contributed by atoms with Crippen LogP contribution >= 0.6 is 57.6 Å². The SMILES string of the molecule is O=C(Cn1c2c(sc1=O)[C@H](c1cccs1)C1C(=O)N(c3ccc([N+](=O)[O-])cc3)C(=O)C1S2)Nc1ccc(Cl)c(Cl)c1. The number of nitrogens with one attached hydrogen (secondary N) is 1. The molecule has 1 saturated heterocycles. The molecule has 3 atom stereocenters. The van der Waals surface area contributed by atoms with Crippen molar-refractivity contribution in [2.75, 3.05) is 10.2 Å². The van der Waals surface area contributed by atoms with Gasteiger partial charge in [0, 0.05) is 33.5 Å². The maximum atomic E-state index is 13.8. The average molecular weight is 648 g/mol. The lowest BCUT2D eigenvalue weighted by Gasteiger charge is -2.29. The van der Waals surface area contributed by atoms with E-state index in [0.29, 0.717) is 20.6 Å². The number of hydrogen-bond donors (Lipinski definition) is 1. The number of halogens is 2. The first-order chi connectivity index (χ1) is 19.6. The molecular formula is C26H16Cl2N4O6S3. The lowest BCUT2D eigenvalue weighted by Crippen LogP contribution is -2.32. The molecule has 4 aromatic rings. The van der Waals surface area contributed by atoms with Crippen molar-refractivity contribution in [1.29, 1.82) is 0 Å². The number of imide groups is 1. The van der Waals surface area contributed by atoms with Gasteiger partial charge in [-0.05, 0) is 41.8 Å². The Morgan fingerprint density at radius 2 is 1.78 bits per heavy atom. The van der Waals surface area contributed by atoms with Crippen molar-refractivity contribution in [2.45, 2.75) is 22.7 Å². The van der Waals surface area contributed by atoms with Crippen molar-refractivity contribution in [1.82, 2.24) is 4.57 Å². The number of carbonyl (C=O) groups is 3. The van der Waals surface area contributed by atoms with Crippen LogP contribution in [0.2, 0.25) is 10.0 Å². The molecule has 15 heteroatoms. The highest BCUT2D eigenvalue weighted by atomic mass is 35.5. The second-order valence-electron chi connectivity index (χ2n) is 9.14. The van der Waals surface area contributed by atoms with Crippen molar-refractivity contribution in [3.8, 4) is 0 Å². The Hall–Kier alpha value is -3.49. The van der Waals surface area contributed by atoms with E-state index < -0.39 is 39.7 Å². The average Bonchev–Trinajstić information content (AvgIpc) is 3.64. The Morgan fingerprint density at radius 1 is 1.02 bits per heavy atom. The molecule has 2 aliphatic rings. The zero-order valence-electron chi connectivity index (χ0n) is 20.5. The van der Waals surface area contributed by atoms with Crippen LogP contribution in [0.15, 0.2) is 69.8 Å². The van der Waals surface area contributed by atoms with E-state index in [0.717, 1.165) is 32.9 Å². The molecule has 2 aliphatic heterocycles. The summed E-state index contributed by atoms with van der Waals surface area (Å²) < 4.78 is 1.32. The number of hydrogen-bond acceptors (Lipinski definition) is 9. The molecule has 0 saturated carbocycles. The van der Waals surface area contributed by atoms with E-state index in [2.05, 4.69) is 5.32 Å². The standard InChI is InChI=1S/C26H16Cl2N4O6S3/c27-15-8-3-12(10-16(15)28)29-18(33)11-30-25-22(41-26(30)36)19(17-2-1-9-39-17)20-21(40-25)24(35)31(23(20)34)13-4-6-14(7-5-13)32(37)38/h1-10,19-21H,11H2,(H,29,33)/t19-,20?,21?/m1/s1. The molecule has 2 aromatic carbocycles. The molecule has 6 rings (SSSR count). The summed E-state index contributed by atoms with van der Waals surface area (Å²) in [6.45, 7) is -0.319. The van der Waals surface area contributed by atoms with Gasteiger partial charge in [-0.3, -0.25) is 33.9 Å². The number of thiazole rings is 1. The van der Waals surface area contributed by atoms with Crippen LogP contribution in [0.25, 0.3) is 0 Å². The fourth-order valence-electron chi connectivity index (χ4n) is 4.93. The van der Waals surface area contributed by atoms with Crippen LogP contribution in [0, 0.1) is 16.0 Å². The lowest BCUT2D eigenvalue weighted by atomic mass is 9.87. The van der Waals surface area contributed by atoms with Crippen LogP contribution < -0.4 is 15.1 Å². The molecule has 41 heavy (non-hydrogen) atoms. The summed E-state index contributed by atoms with van der Waals surface area (Å²) in [5.41, 5.74) is 0.467. The molecule has 3 amide bonds. The number of thiophene rings is 1. The highest BCUT2D eigenvalue weighted by Crippen LogP contribution is 2.54. The third kappa shape index (κ3) is 4.87. The fourth-order valence-corrected chi connectivity index (χ4v) is 8.95. The highest BCUT2D eigenvalue weighted by Gasteiger charge is 2.57. The molecule has 208 valence electrons. The smallest absolute Gasteiger partial charge is 0.308 e. The van der Waals surface area contributed by atoms with Gasteiger partial charge >= 0.3 is 4.87 Å². The number of non-ortho nitro benzene ring substituents is 1. The number of anilines is 2. The minimum Gasteiger partial charge on any atom is -0.324 e. The summed E-state index contributed by atoms with van der Waals surface area (Å²) in [5, 5.41) is 15.8. The van der Waals surface area contributed by atoms with Gasteiger partial charge in [0.1, 0.15) is 11.8 Å². The predicted molar refractivity (Wildman–Crippen MR) is 159 cm³/mol. The zero-order valence-corrected chi connectivity index (χ0v) is 24.4. The first kappa shape index (κ1) is 27.7. The summed E-state index contributed by atoms with van der Waals surface area (Å²) in [5.74, 6) is -2.80. The van der Waals surface area contributed by atoms with Crippen LogP contribution in [0.3, 0.4) is 0 Å². The molecule has 2 unspecified atom stereocenters. The number of carbonyl (C=O) groups excluding carboxylic acids is 3. The lowest BCUT2D eigenvalue weighted by molar-refractivity contribution is -0.384. The molecule has 0 aliphatic carbocycles. The summed E-state index contributed by atoms with van der Waals surface area (Å²) in [4.78, 5) is 66.3. The van der Waals surface area contributed by atoms with E-state index in [-0.39, 0.29) is 27.8 Å². The fraction of sp³-hybridized carbons (Fsp3) is 0.154. The number of nitrogens with zero attached hydrogens (tertiary/aromatic N) is 3. The topological polar surface area (TPSA) is 132 Å². The van der Waals surface area contributed by atoms with Gasteiger partial charge in [0.2, 0.25) is 17.7 Å². The highest BCUT2D eigenvalue weighted by molar-refractivity contribution is 8.00. The summed E-state index contributed by atoms with van der Waals surface area (Å²) in [6.07, 6.45) is 0. The van der Waals surface area contributed by atoms with Crippen LogP contribution in [0.5, 0.6) is 0 Å². The Labute approximate surface area is 253 Å². The number of benzene rings is 2. The number of nitro benzene ring substituents is 1. The monoisotopic (exact) mass is 646 g/mol. The molecule has 4 heterocycles. The minimum atomic E-state index is -0.865. The third-order valence-electron chi connectivity index (χ3n) is 6.72. The predicted octanol–water partition coefficient (Wildman–Crippen LogP) is 5.62. The molecule has 1 fully saturated rings. The van der Waals surface area contributed by atoms with Gasteiger partial charge in [0.15, 0.2) is 0 Å². The van der Waals surface area contributed by atoms with E-state index in [9.17, 15) is 29.3 Å². The number of amides is 3. The number of nitro groups is 1. The molecule has 1 N–H and O–H groups in total. The Bertz CT molecular complexity index is 1790. The van der Waals surface area contributed by atoms with Gasteiger partial charge in [-0.15, -0.1) is 11.3 Å². The van der Waals surface area contributed by atoms with Crippen molar-refractivity contribution >= 4 is 92.4 Å². The normalized spacial score (nSPS) is 19.7. The third-order valence-corrected chi connectivity index (χ3v) is 11.0. The quantitative estimate of drug-likeness (QED) is 0.163. The van der Waals surface area contributed by atoms with Gasteiger partial charge in [0.25, 0.3) is 5.69 Å².